The standard InChI is InChI=1S/C28H16S8/c1-3-17(30-13-1)19-5-7-21(32-19)23-9-11-25(34-23)27-15-29-16-28(36-27)26-12-10-24(35-26)22-8-6-20(33-22)18-4-2-14-31-18/h1-16H. The predicted molar refractivity (Wildman–Crippen MR) is 173 cm³/mol. The van der Waals surface area contributed by atoms with Crippen LogP contribution in [0.15, 0.2) is 94.4 Å². The molecule has 0 atom stereocenters. The van der Waals surface area contributed by atoms with Crippen LogP contribution < -0.4 is 0 Å². The van der Waals surface area contributed by atoms with Crippen LogP contribution in [0.1, 0.15) is 9.75 Å². The summed E-state index contributed by atoms with van der Waals surface area (Å²) in [7, 11) is 0. The minimum atomic E-state index is 1.34. The predicted octanol–water partition coefficient (Wildman–Crippen LogP) is 12.5. The second kappa shape index (κ2) is 10.3. The highest BCUT2D eigenvalue weighted by molar-refractivity contribution is 8.20. The van der Waals surface area contributed by atoms with E-state index in [1.165, 1.54) is 58.6 Å². The smallest absolute Gasteiger partial charge is 0.0449 e. The molecule has 0 aliphatic carbocycles. The maximum atomic E-state index is 2.29. The van der Waals surface area contributed by atoms with E-state index in [0.29, 0.717) is 0 Å². The molecular formula is C28H16S8. The monoisotopic (exact) mass is 608 g/mol. The first-order valence-electron chi connectivity index (χ1n) is 11.0. The van der Waals surface area contributed by atoms with Gasteiger partial charge in [-0.1, -0.05) is 23.9 Å². The molecule has 0 spiro atoms. The minimum Gasteiger partial charge on any atom is -0.143 e. The van der Waals surface area contributed by atoms with E-state index in [1.54, 1.807) is 34.4 Å². The van der Waals surface area contributed by atoms with Crippen LogP contribution in [-0.2, 0) is 0 Å². The number of rotatable bonds is 6. The molecule has 6 aromatic rings. The zero-order valence-electron chi connectivity index (χ0n) is 18.5. The quantitative estimate of drug-likeness (QED) is 0.184. The molecule has 1 aliphatic rings. The molecule has 36 heavy (non-hydrogen) atoms. The SMILES string of the molecule is C1=C(c2ccc(-c3ccc(-c4cccs4)s3)s2)SC(c2ccc(-c3ccc(-c4cccs4)s3)s2)=CS1. The van der Waals surface area contributed by atoms with Gasteiger partial charge in [0.1, 0.15) is 0 Å². The maximum absolute atomic E-state index is 2.29. The largest absolute Gasteiger partial charge is 0.143 e. The Morgan fingerprint density at radius 2 is 0.722 bits per heavy atom. The van der Waals surface area contributed by atoms with Crippen LogP contribution in [0.3, 0.4) is 0 Å². The zero-order chi connectivity index (χ0) is 23.9. The Morgan fingerprint density at radius 1 is 0.361 bits per heavy atom. The second-order valence-electron chi connectivity index (χ2n) is 7.81. The van der Waals surface area contributed by atoms with Gasteiger partial charge in [-0.15, -0.1) is 79.8 Å². The van der Waals surface area contributed by atoms with Crippen LogP contribution >= 0.6 is 91.5 Å². The van der Waals surface area contributed by atoms with Crippen LogP contribution in [0.25, 0.3) is 48.8 Å². The van der Waals surface area contributed by atoms with Gasteiger partial charge >= 0.3 is 0 Å². The Morgan fingerprint density at radius 3 is 1.11 bits per heavy atom. The molecule has 7 heterocycles. The van der Waals surface area contributed by atoms with Gasteiger partial charge in [0, 0.05) is 58.6 Å². The van der Waals surface area contributed by atoms with Crippen molar-refractivity contribution >= 4 is 101 Å². The molecule has 0 saturated carbocycles. The van der Waals surface area contributed by atoms with Gasteiger partial charge in [0.05, 0.1) is 0 Å². The van der Waals surface area contributed by atoms with Gasteiger partial charge in [-0.25, -0.2) is 0 Å². The Kier molecular flexibility index (Phi) is 6.70. The highest BCUT2D eigenvalue weighted by Gasteiger charge is 2.18. The average molecular weight is 609 g/mol. The van der Waals surface area contributed by atoms with Crippen molar-refractivity contribution < 1.29 is 0 Å². The third-order valence-corrected chi connectivity index (χ3v) is 14.8. The highest BCUT2D eigenvalue weighted by atomic mass is 32.2. The zero-order valence-corrected chi connectivity index (χ0v) is 25.0. The lowest BCUT2D eigenvalue weighted by atomic mass is 10.3. The van der Waals surface area contributed by atoms with Crippen molar-refractivity contribution in [3.63, 3.8) is 0 Å². The molecule has 176 valence electrons. The van der Waals surface area contributed by atoms with Crippen LogP contribution in [0.5, 0.6) is 0 Å². The normalized spacial score (nSPS) is 13.7. The van der Waals surface area contributed by atoms with E-state index in [-0.39, 0.29) is 0 Å². The summed E-state index contributed by atoms with van der Waals surface area (Å²) < 4.78 is 0. The summed E-state index contributed by atoms with van der Waals surface area (Å²) in [6.07, 6.45) is 0. The van der Waals surface area contributed by atoms with Crippen molar-refractivity contribution in [3.8, 4) is 39.0 Å². The number of thiophene rings is 6. The second-order valence-corrected chi connectivity index (χ2v) is 15.9. The summed E-state index contributed by atoms with van der Waals surface area (Å²) in [4.78, 5) is 16.2. The summed E-state index contributed by atoms with van der Waals surface area (Å²) in [5.41, 5.74) is 0. The lowest BCUT2D eigenvalue weighted by Gasteiger charge is -2.11. The molecule has 0 N–H and O–H groups in total. The van der Waals surface area contributed by atoms with E-state index in [0.717, 1.165) is 0 Å². The molecule has 0 amide bonds. The fraction of sp³-hybridized carbons (Fsp3) is 0. The van der Waals surface area contributed by atoms with Crippen molar-refractivity contribution in [2.24, 2.45) is 0 Å². The first-order chi connectivity index (χ1) is 17.8. The van der Waals surface area contributed by atoms with Crippen molar-refractivity contribution in [3.05, 3.63) is 104 Å². The summed E-state index contributed by atoms with van der Waals surface area (Å²) in [6, 6.07) is 26.8. The molecule has 0 unspecified atom stereocenters. The molecule has 8 heteroatoms. The summed E-state index contributed by atoms with van der Waals surface area (Å²) in [6.45, 7) is 0. The van der Waals surface area contributed by atoms with Gasteiger partial charge in [-0.2, -0.15) is 0 Å². The first kappa shape index (κ1) is 23.5. The third kappa shape index (κ3) is 4.70. The molecule has 7 rings (SSSR count). The fourth-order valence-corrected chi connectivity index (χ4v) is 12.0. The minimum absolute atomic E-state index is 1.34. The Bertz CT molecular complexity index is 1550. The van der Waals surface area contributed by atoms with Crippen LogP contribution in [-0.4, -0.2) is 0 Å². The molecule has 0 bridgehead atoms. The summed E-state index contributed by atoms with van der Waals surface area (Å²) in [5, 5.41) is 8.87. The Hall–Kier alpha value is -1.62. The van der Waals surface area contributed by atoms with E-state index < -0.39 is 0 Å². The Labute approximate surface area is 242 Å². The van der Waals surface area contributed by atoms with E-state index in [4.69, 9.17) is 0 Å². The van der Waals surface area contributed by atoms with E-state index in [2.05, 4.69) is 94.4 Å². The number of hydrogen-bond donors (Lipinski definition) is 0. The number of hydrogen-bond acceptors (Lipinski definition) is 8. The van der Waals surface area contributed by atoms with Crippen molar-refractivity contribution in [1.29, 1.82) is 0 Å². The summed E-state index contributed by atoms with van der Waals surface area (Å²) >= 11 is 14.9. The molecule has 0 aromatic carbocycles. The highest BCUT2D eigenvalue weighted by Crippen LogP contribution is 2.51. The van der Waals surface area contributed by atoms with Gasteiger partial charge in [0.25, 0.3) is 0 Å². The van der Waals surface area contributed by atoms with Gasteiger partial charge in [-0.3, -0.25) is 0 Å². The van der Waals surface area contributed by atoms with E-state index in [1.807, 2.05) is 57.1 Å². The summed E-state index contributed by atoms with van der Waals surface area (Å²) in [5.74, 6) is 0. The lowest BCUT2D eigenvalue weighted by molar-refractivity contribution is 1.89. The fourth-order valence-electron chi connectivity index (χ4n) is 3.79. The van der Waals surface area contributed by atoms with Gasteiger partial charge in [-0.05, 0) is 82.2 Å². The maximum Gasteiger partial charge on any atom is 0.0449 e. The molecule has 0 fully saturated rings. The van der Waals surface area contributed by atoms with Gasteiger partial charge in [0.2, 0.25) is 0 Å². The van der Waals surface area contributed by atoms with Crippen molar-refractivity contribution in [2.75, 3.05) is 0 Å². The lowest BCUT2D eigenvalue weighted by Crippen LogP contribution is -1.80. The third-order valence-electron chi connectivity index (χ3n) is 5.49. The van der Waals surface area contributed by atoms with E-state index >= 15 is 0 Å². The number of thioether (sulfide) groups is 2. The topological polar surface area (TPSA) is 0 Å². The van der Waals surface area contributed by atoms with Crippen LogP contribution in [0, 0.1) is 0 Å². The molecule has 0 nitrogen and oxygen atoms in total. The first-order valence-corrected chi connectivity index (χ1v) is 17.8. The van der Waals surface area contributed by atoms with Crippen molar-refractivity contribution in [2.45, 2.75) is 0 Å². The molecule has 1 aliphatic heterocycles. The van der Waals surface area contributed by atoms with Gasteiger partial charge < -0.3 is 0 Å². The van der Waals surface area contributed by atoms with E-state index in [9.17, 15) is 0 Å². The molecule has 0 radical (unpaired) electrons. The molecule has 0 saturated heterocycles. The average Bonchev–Trinajstić information content (AvgIpc) is 3.75. The van der Waals surface area contributed by atoms with Gasteiger partial charge in [0.15, 0.2) is 0 Å². The van der Waals surface area contributed by atoms with Crippen LogP contribution in [0.2, 0.25) is 0 Å². The molecular weight excluding hydrogens is 593 g/mol. The van der Waals surface area contributed by atoms with Crippen molar-refractivity contribution in [1.82, 2.24) is 0 Å². The van der Waals surface area contributed by atoms with Crippen LogP contribution in [0.4, 0.5) is 0 Å². The Balaban J connectivity index is 1.08. The molecule has 6 aromatic heterocycles.